The van der Waals surface area contributed by atoms with E-state index in [1.807, 2.05) is 11.3 Å². The van der Waals surface area contributed by atoms with E-state index in [4.69, 9.17) is 0 Å². The molecule has 2 rings (SSSR count). The first-order valence-corrected chi connectivity index (χ1v) is 8.06. The van der Waals surface area contributed by atoms with Gasteiger partial charge in [-0.15, -0.1) is 11.3 Å². The summed E-state index contributed by atoms with van der Waals surface area (Å²) in [6.45, 7) is 2.39. The third kappa shape index (κ3) is 5.22. The molecule has 2 heteroatoms. The molecule has 0 aliphatic heterocycles. The van der Waals surface area contributed by atoms with Gasteiger partial charge in [0.05, 0.1) is 0 Å². The lowest BCUT2D eigenvalue weighted by Crippen LogP contribution is -2.25. The van der Waals surface area contributed by atoms with Gasteiger partial charge in [0.1, 0.15) is 0 Å². The number of nitrogens with one attached hydrogen (secondary N) is 1. The van der Waals surface area contributed by atoms with Crippen molar-refractivity contribution in [2.75, 3.05) is 13.1 Å². The molecule has 1 aliphatic rings. The van der Waals surface area contributed by atoms with Crippen molar-refractivity contribution in [3.8, 4) is 0 Å². The molecule has 1 aliphatic carbocycles. The van der Waals surface area contributed by atoms with Crippen LogP contribution in [0.15, 0.2) is 17.5 Å². The third-order valence-corrected chi connectivity index (χ3v) is 4.72. The summed E-state index contributed by atoms with van der Waals surface area (Å²) < 4.78 is 0. The van der Waals surface area contributed by atoms with Crippen LogP contribution in [0.4, 0.5) is 0 Å². The fourth-order valence-corrected chi connectivity index (χ4v) is 3.43. The van der Waals surface area contributed by atoms with Gasteiger partial charge in [0.2, 0.25) is 0 Å². The van der Waals surface area contributed by atoms with Crippen LogP contribution >= 0.6 is 11.3 Å². The van der Waals surface area contributed by atoms with E-state index in [-0.39, 0.29) is 0 Å². The predicted molar refractivity (Wildman–Crippen MR) is 76.7 cm³/mol. The summed E-state index contributed by atoms with van der Waals surface area (Å²) in [4.78, 5) is 1.51. The van der Waals surface area contributed by atoms with Crippen LogP contribution in [0.25, 0.3) is 0 Å². The zero-order valence-electron chi connectivity index (χ0n) is 10.8. The van der Waals surface area contributed by atoms with Crippen molar-refractivity contribution in [1.82, 2.24) is 5.32 Å². The van der Waals surface area contributed by atoms with Crippen LogP contribution in [-0.2, 0) is 6.42 Å². The summed E-state index contributed by atoms with van der Waals surface area (Å²) in [6.07, 6.45) is 11.4. The predicted octanol–water partition coefficient (Wildman–Crippen LogP) is 4.24. The molecular weight excluding hydrogens is 226 g/mol. The summed E-state index contributed by atoms with van der Waals surface area (Å²) in [5.74, 6) is 0.943. The Balaban J connectivity index is 1.57. The minimum atomic E-state index is 0.943. The summed E-state index contributed by atoms with van der Waals surface area (Å²) in [5, 5.41) is 5.82. The van der Waals surface area contributed by atoms with Gasteiger partial charge in [-0.05, 0) is 49.7 Å². The van der Waals surface area contributed by atoms with Crippen LogP contribution in [0.1, 0.15) is 49.8 Å². The van der Waals surface area contributed by atoms with E-state index in [1.54, 1.807) is 0 Å². The first-order chi connectivity index (χ1) is 8.45. The normalized spacial score (nSPS) is 18.8. The van der Waals surface area contributed by atoms with Crippen molar-refractivity contribution < 1.29 is 0 Å². The van der Waals surface area contributed by atoms with Crippen LogP contribution in [0.2, 0.25) is 0 Å². The average Bonchev–Trinajstić information content (AvgIpc) is 2.79. The zero-order valence-corrected chi connectivity index (χ0v) is 11.6. The molecule has 1 aromatic rings. The molecule has 0 unspecified atom stereocenters. The van der Waals surface area contributed by atoms with Gasteiger partial charge < -0.3 is 5.32 Å². The summed E-state index contributed by atoms with van der Waals surface area (Å²) in [5.41, 5.74) is 0. The molecule has 0 saturated heterocycles. The van der Waals surface area contributed by atoms with Gasteiger partial charge >= 0.3 is 0 Å². The average molecular weight is 251 g/mol. The Morgan fingerprint density at radius 3 is 2.59 bits per heavy atom. The molecule has 96 valence electrons. The molecule has 0 aromatic carbocycles. The highest BCUT2D eigenvalue weighted by Gasteiger charge is 2.10. The fourth-order valence-electron chi connectivity index (χ4n) is 2.72. The summed E-state index contributed by atoms with van der Waals surface area (Å²) >= 11 is 1.88. The smallest absolute Gasteiger partial charge is 0.00578 e. The minimum Gasteiger partial charge on any atom is -0.316 e. The minimum absolute atomic E-state index is 0.943. The lowest BCUT2D eigenvalue weighted by atomic mass is 9.91. The van der Waals surface area contributed by atoms with Crippen LogP contribution in [-0.4, -0.2) is 13.1 Å². The van der Waals surface area contributed by atoms with Gasteiger partial charge in [-0.25, -0.2) is 0 Å². The van der Waals surface area contributed by atoms with E-state index < -0.39 is 0 Å². The maximum atomic E-state index is 3.65. The largest absolute Gasteiger partial charge is 0.316 e. The molecule has 1 N–H and O–H groups in total. The Morgan fingerprint density at radius 2 is 1.88 bits per heavy atom. The molecule has 0 spiro atoms. The lowest BCUT2D eigenvalue weighted by Gasteiger charge is -2.19. The highest BCUT2D eigenvalue weighted by Crippen LogP contribution is 2.21. The van der Waals surface area contributed by atoms with Gasteiger partial charge in [0.25, 0.3) is 0 Å². The fraction of sp³-hybridized carbons (Fsp3) is 0.733. The molecular formula is C15H25NS. The van der Waals surface area contributed by atoms with Crippen LogP contribution in [0.5, 0.6) is 0 Å². The van der Waals surface area contributed by atoms with Crippen LogP contribution < -0.4 is 5.32 Å². The van der Waals surface area contributed by atoms with Crippen molar-refractivity contribution in [2.45, 2.75) is 51.4 Å². The Labute approximate surface area is 110 Å². The van der Waals surface area contributed by atoms with Crippen LogP contribution in [0, 0.1) is 5.92 Å². The van der Waals surface area contributed by atoms with E-state index >= 15 is 0 Å². The number of rotatable bonds is 5. The van der Waals surface area contributed by atoms with Gasteiger partial charge in [0.15, 0.2) is 0 Å². The first-order valence-electron chi connectivity index (χ1n) is 7.18. The molecule has 1 nitrogen and oxygen atoms in total. The van der Waals surface area contributed by atoms with E-state index in [0.717, 1.165) is 12.5 Å². The Hall–Kier alpha value is -0.340. The topological polar surface area (TPSA) is 12.0 Å². The summed E-state index contributed by atoms with van der Waals surface area (Å²) in [7, 11) is 0. The van der Waals surface area contributed by atoms with Gasteiger partial charge in [-0.2, -0.15) is 0 Å². The Kier molecular flexibility index (Phi) is 6.08. The second kappa shape index (κ2) is 7.88. The third-order valence-electron chi connectivity index (χ3n) is 3.79. The van der Waals surface area contributed by atoms with Crippen LogP contribution in [0.3, 0.4) is 0 Å². The molecule has 1 heterocycles. The highest BCUT2D eigenvalue weighted by atomic mass is 32.1. The molecule has 1 saturated carbocycles. The van der Waals surface area contributed by atoms with E-state index in [0.29, 0.717) is 0 Å². The standard InChI is InChI=1S/C15H25NS/c1-2-4-7-14(8-5-3-1)13-16-11-10-15-9-6-12-17-15/h6,9,12,14,16H,1-5,7-8,10-11,13H2. The Morgan fingerprint density at radius 1 is 1.12 bits per heavy atom. The quantitative estimate of drug-likeness (QED) is 0.772. The lowest BCUT2D eigenvalue weighted by molar-refractivity contribution is 0.362. The van der Waals surface area contributed by atoms with Gasteiger partial charge in [-0.1, -0.05) is 38.2 Å². The molecule has 0 amide bonds. The highest BCUT2D eigenvalue weighted by molar-refractivity contribution is 7.09. The number of hydrogen-bond acceptors (Lipinski definition) is 2. The molecule has 0 atom stereocenters. The maximum absolute atomic E-state index is 3.65. The molecule has 1 fully saturated rings. The second-order valence-corrected chi connectivity index (χ2v) is 6.28. The van der Waals surface area contributed by atoms with Crippen molar-refractivity contribution in [2.24, 2.45) is 5.92 Å². The monoisotopic (exact) mass is 251 g/mol. The first kappa shape index (κ1) is 13.1. The SMILES string of the molecule is c1csc(CCNCC2CCCCCCC2)c1. The van der Waals surface area contributed by atoms with Gasteiger partial charge in [-0.3, -0.25) is 0 Å². The second-order valence-electron chi connectivity index (χ2n) is 5.24. The van der Waals surface area contributed by atoms with E-state index in [1.165, 1.54) is 62.8 Å². The molecule has 17 heavy (non-hydrogen) atoms. The number of hydrogen-bond donors (Lipinski definition) is 1. The van der Waals surface area contributed by atoms with E-state index in [2.05, 4.69) is 22.8 Å². The summed E-state index contributed by atoms with van der Waals surface area (Å²) in [6, 6.07) is 4.39. The maximum Gasteiger partial charge on any atom is 0.00578 e. The molecule has 0 radical (unpaired) electrons. The zero-order chi connectivity index (χ0) is 11.8. The Bertz CT molecular complexity index is 273. The van der Waals surface area contributed by atoms with Gasteiger partial charge in [0, 0.05) is 4.88 Å². The van der Waals surface area contributed by atoms with E-state index in [9.17, 15) is 0 Å². The van der Waals surface area contributed by atoms with Crippen molar-refractivity contribution in [3.05, 3.63) is 22.4 Å². The molecule has 0 bridgehead atoms. The van der Waals surface area contributed by atoms with Crippen molar-refractivity contribution in [3.63, 3.8) is 0 Å². The number of thiophene rings is 1. The van der Waals surface area contributed by atoms with Crippen molar-refractivity contribution >= 4 is 11.3 Å². The van der Waals surface area contributed by atoms with Crippen molar-refractivity contribution in [1.29, 1.82) is 0 Å². The molecule has 1 aromatic heterocycles.